The number of sulfonamides is 1. The fraction of sp³-hybridized carbons (Fsp3) is 0.400. The van der Waals surface area contributed by atoms with Crippen molar-refractivity contribution in [3.05, 3.63) is 40.7 Å². The third kappa shape index (κ3) is 3.10. The average Bonchev–Trinajstić information content (AvgIpc) is 2.67. The van der Waals surface area contributed by atoms with Crippen molar-refractivity contribution in [1.82, 2.24) is 9.78 Å². The number of hydrogen-bond acceptors (Lipinski definition) is 3. The summed E-state index contributed by atoms with van der Waals surface area (Å²) in [6.45, 7) is 10.0. The van der Waals surface area contributed by atoms with Crippen LogP contribution in [-0.4, -0.2) is 18.2 Å². The number of rotatable bonds is 4. The molecule has 0 saturated carbocycles. The molecular formula is C15H21N3O2S. The normalized spacial score (nSPS) is 11.7. The SMILES string of the molecule is CCn1cc(NS(=O)(=O)c2c(C)cc(C)cc2C)c(C)n1. The van der Waals surface area contributed by atoms with Crippen molar-refractivity contribution in [3.8, 4) is 0 Å². The Morgan fingerprint density at radius 1 is 1.14 bits per heavy atom. The van der Waals surface area contributed by atoms with E-state index >= 15 is 0 Å². The molecule has 21 heavy (non-hydrogen) atoms. The largest absolute Gasteiger partial charge is 0.276 e. The second-order valence-corrected chi connectivity index (χ2v) is 6.94. The Kier molecular flexibility index (Phi) is 4.09. The molecule has 2 aromatic rings. The van der Waals surface area contributed by atoms with E-state index in [9.17, 15) is 8.42 Å². The fourth-order valence-corrected chi connectivity index (χ4v) is 4.12. The van der Waals surface area contributed by atoms with Gasteiger partial charge in [0.25, 0.3) is 10.0 Å². The van der Waals surface area contributed by atoms with Crippen molar-refractivity contribution in [2.45, 2.75) is 46.1 Å². The van der Waals surface area contributed by atoms with Gasteiger partial charge in [-0.3, -0.25) is 9.40 Å². The molecule has 114 valence electrons. The topological polar surface area (TPSA) is 64.0 Å². The van der Waals surface area contributed by atoms with Gasteiger partial charge in [0.2, 0.25) is 0 Å². The van der Waals surface area contributed by atoms with E-state index in [1.54, 1.807) is 17.8 Å². The van der Waals surface area contributed by atoms with Gasteiger partial charge in [-0.1, -0.05) is 17.7 Å². The van der Waals surface area contributed by atoms with Gasteiger partial charge in [0.15, 0.2) is 0 Å². The van der Waals surface area contributed by atoms with Crippen LogP contribution in [0, 0.1) is 27.7 Å². The molecular weight excluding hydrogens is 286 g/mol. The predicted molar refractivity (Wildman–Crippen MR) is 84.1 cm³/mol. The predicted octanol–water partition coefficient (Wildman–Crippen LogP) is 2.94. The van der Waals surface area contributed by atoms with Crippen molar-refractivity contribution in [2.75, 3.05) is 4.72 Å². The summed E-state index contributed by atoms with van der Waals surface area (Å²) in [7, 11) is -3.61. The van der Waals surface area contributed by atoms with E-state index in [1.165, 1.54) is 0 Å². The molecule has 0 bridgehead atoms. The molecule has 0 fully saturated rings. The van der Waals surface area contributed by atoms with Crippen molar-refractivity contribution in [3.63, 3.8) is 0 Å². The van der Waals surface area contributed by atoms with E-state index in [-0.39, 0.29) is 0 Å². The van der Waals surface area contributed by atoms with Gasteiger partial charge < -0.3 is 0 Å². The molecule has 0 aliphatic carbocycles. The number of anilines is 1. The van der Waals surface area contributed by atoms with Crippen molar-refractivity contribution >= 4 is 15.7 Å². The molecule has 0 atom stereocenters. The average molecular weight is 307 g/mol. The molecule has 6 heteroatoms. The molecule has 1 N–H and O–H groups in total. The molecule has 0 saturated heterocycles. The highest BCUT2D eigenvalue weighted by Crippen LogP contribution is 2.25. The van der Waals surface area contributed by atoms with Crippen molar-refractivity contribution in [2.24, 2.45) is 0 Å². The van der Waals surface area contributed by atoms with Gasteiger partial charge in [0, 0.05) is 12.7 Å². The van der Waals surface area contributed by atoms with E-state index in [0.29, 0.717) is 22.8 Å². The lowest BCUT2D eigenvalue weighted by atomic mass is 10.1. The molecule has 0 unspecified atom stereocenters. The van der Waals surface area contributed by atoms with Crippen LogP contribution in [0.2, 0.25) is 0 Å². The lowest BCUT2D eigenvalue weighted by Gasteiger charge is -2.13. The Balaban J connectivity index is 2.46. The zero-order valence-electron chi connectivity index (χ0n) is 13.1. The van der Waals surface area contributed by atoms with Crippen LogP contribution >= 0.6 is 0 Å². The number of benzene rings is 1. The summed E-state index contributed by atoms with van der Waals surface area (Å²) >= 11 is 0. The number of nitrogens with zero attached hydrogens (tertiary/aromatic N) is 2. The molecule has 0 aliphatic rings. The van der Waals surface area contributed by atoms with E-state index in [4.69, 9.17) is 0 Å². The van der Waals surface area contributed by atoms with Crippen LogP contribution in [0.5, 0.6) is 0 Å². The highest BCUT2D eigenvalue weighted by Gasteiger charge is 2.21. The van der Waals surface area contributed by atoms with Gasteiger partial charge in [0.05, 0.1) is 16.3 Å². The smallest absolute Gasteiger partial charge is 0.262 e. The summed E-state index contributed by atoms with van der Waals surface area (Å²) in [5.41, 5.74) is 3.75. The summed E-state index contributed by atoms with van der Waals surface area (Å²) in [6, 6.07) is 3.76. The number of aryl methyl sites for hydroxylation is 5. The number of aromatic nitrogens is 2. The monoisotopic (exact) mass is 307 g/mol. The number of hydrogen-bond donors (Lipinski definition) is 1. The minimum absolute atomic E-state index is 0.344. The molecule has 0 radical (unpaired) electrons. The van der Waals surface area contributed by atoms with Gasteiger partial charge in [-0.05, 0) is 45.7 Å². The number of nitrogens with one attached hydrogen (secondary N) is 1. The minimum Gasteiger partial charge on any atom is -0.276 e. The first-order chi connectivity index (χ1) is 9.74. The molecule has 0 spiro atoms. The Morgan fingerprint density at radius 3 is 2.19 bits per heavy atom. The summed E-state index contributed by atoms with van der Waals surface area (Å²) < 4.78 is 29.7. The van der Waals surface area contributed by atoms with Crippen LogP contribution in [0.4, 0.5) is 5.69 Å². The van der Waals surface area contributed by atoms with Crippen LogP contribution in [0.25, 0.3) is 0 Å². The third-order valence-electron chi connectivity index (χ3n) is 3.39. The Hall–Kier alpha value is -1.82. The molecule has 0 aliphatic heterocycles. The maximum atomic E-state index is 12.7. The highest BCUT2D eigenvalue weighted by atomic mass is 32.2. The Morgan fingerprint density at radius 2 is 1.71 bits per heavy atom. The second-order valence-electron chi connectivity index (χ2n) is 5.32. The van der Waals surface area contributed by atoms with Gasteiger partial charge in [-0.25, -0.2) is 8.42 Å². The van der Waals surface area contributed by atoms with Gasteiger partial charge >= 0.3 is 0 Å². The van der Waals surface area contributed by atoms with Crippen LogP contribution in [0.15, 0.2) is 23.2 Å². The van der Waals surface area contributed by atoms with Crippen LogP contribution in [0.3, 0.4) is 0 Å². The Bertz CT molecular complexity index is 753. The van der Waals surface area contributed by atoms with Crippen molar-refractivity contribution in [1.29, 1.82) is 0 Å². The maximum Gasteiger partial charge on any atom is 0.262 e. The van der Waals surface area contributed by atoms with Gasteiger partial charge in [-0.15, -0.1) is 0 Å². The van der Waals surface area contributed by atoms with E-state index < -0.39 is 10.0 Å². The van der Waals surface area contributed by atoms with Gasteiger partial charge in [0.1, 0.15) is 0 Å². The second kappa shape index (κ2) is 5.52. The minimum atomic E-state index is -3.61. The van der Waals surface area contributed by atoms with E-state index in [1.807, 2.05) is 39.8 Å². The standard InChI is InChI=1S/C15H21N3O2S/c1-6-18-9-14(13(5)16-18)17-21(19,20)15-11(3)7-10(2)8-12(15)4/h7-9,17H,6H2,1-5H3. The zero-order chi connectivity index (χ0) is 15.8. The molecule has 1 heterocycles. The lowest BCUT2D eigenvalue weighted by Crippen LogP contribution is -2.16. The quantitative estimate of drug-likeness (QED) is 0.944. The highest BCUT2D eigenvalue weighted by molar-refractivity contribution is 7.92. The summed E-state index contributed by atoms with van der Waals surface area (Å²) in [5.74, 6) is 0. The van der Waals surface area contributed by atoms with Gasteiger partial charge in [-0.2, -0.15) is 5.10 Å². The zero-order valence-corrected chi connectivity index (χ0v) is 13.9. The third-order valence-corrected chi connectivity index (χ3v) is 5.06. The molecule has 5 nitrogen and oxygen atoms in total. The first kappa shape index (κ1) is 15.6. The first-order valence-electron chi connectivity index (χ1n) is 6.89. The lowest BCUT2D eigenvalue weighted by molar-refractivity contribution is 0.600. The van der Waals surface area contributed by atoms with E-state index in [0.717, 1.165) is 16.7 Å². The summed E-state index contributed by atoms with van der Waals surface area (Å²) in [6.07, 6.45) is 1.71. The van der Waals surface area contributed by atoms with Crippen LogP contribution in [0.1, 0.15) is 29.3 Å². The Labute approximate surface area is 126 Å². The molecule has 1 aromatic carbocycles. The fourth-order valence-electron chi connectivity index (χ4n) is 2.57. The van der Waals surface area contributed by atoms with Crippen LogP contribution < -0.4 is 4.72 Å². The molecule has 1 aromatic heterocycles. The van der Waals surface area contributed by atoms with Crippen LogP contribution in [-0.2, 0) is 16.6 Å². The summed E-state index contributed by atoms with van der Waals surface area (Å²) in [5, 5.41) is 4.26. The van der Waals surface area contributed by atoms with Crippen molar-refractivity contribution < 1.29 is 8.42 Å². The first-order valence-corrected chi connectivity index (χ1v) is 8.37. The molecule has 0 amide bonds. The molecule has 2 rings (SSSR count). The maximum absolute atomic E-state index is 12.7. The van der Waals surface area contributed by atoms with E-state index in [2.05, 4.69) is 9.82 Å². The summed E-state index contributed by atoms with van der Waals surface area (Å²) in [4.78, 5) is 0.344.